The van der Waals surface area contributed by atoms with Crippen LogP contribution in [0.15, 0.2) is 42.6 Å². The molecule has 2 rings (SSSR count). The van der Waals surface area contributed by atoms with Crippen LogP contribution in [0.25, 0.3) is 0 Å². The van der Waals surface area contributed by atoms with Crippen LogP contribution in [-0.4, -0.2) is 11.5 Å². The molecular weight excluding hydrogens is 263 g/mol. The number of benzene rings is 1. The van der Waals surface area contributed by atoms with E-state index >= 15 is 0 Å². The van der Waals surface area contributed by atoms with Gasteiger partial charge in [0.2, 0.25) is 0 Å². The van der Waals surface area contributed by atoms with Gasteiger partial charge in [-0.05, 0) is 49.2 Å². The number of aryl methyl sites for hydroxylation is 1. The molecule has 0 saturated carbocycles. The minimum Gasteiger partial charge on any atom is -0.309 e. The second-order valence-electron chi connectivity index (χ2n) is 5.48. The molecule has 0 fully saturated rings. The van der Waals surface area contributed by atoms with Gasteiger partial charge >= 0.3 is 0 Å². The van der Waals surface area contributed by atoms with Crippen molar-refractivity contribution in [2.24, 2.45) is 0 Å². The van der Waals surface area contributed by atoms with Crippen molar-refractivity contribution in [1.29, 1.82) is 0 Å². The molecule has 0 spiro atoms. The zero-order chi connectivity index (χ0) is 15.2. The molecule has 0 saturated heterocycles. The molecule has 1 heterocycles. The van der Waals surface area contributed by atoms with Crippen LogP contribution in [0.4, 0.5) is 4.39 Å². The predicted molar refractivity (Wildman–Crippen MR) is 84.8 cm³/mol. The first kappa shape index (κ1) is 15.6. The highest BCUT2D eigenvalue weighted by atomic mass is 19.1. The van der Waals surface area contributed by atoms with Crippen LogP contribution in [0.5, 0.6) is 0 Å². The Morgan fingerprint density at radius 2 is 2.05 bits per heavy atom. The fraction of sp³-hybridized carbons (Fsp3) is 0.389. The second kappa shape index (κ2) is 7.32. The average Bonchev–Trinajstić information content (AvgIpc) is 2.51. The average molecular weight is 286 g/mol. The molecule has 1 N–H and O–H groups in total. The van der Waals surface area contributed by atoms with Crippen molar-refractivity contribution >= 4 is 0 Å². The molecule has 2 atom stereocenters. The molecule has 2 unspecified atom stereocenters. The van der Waals surface area contributed by atoms with Crippen LogP contribution in [0, 0.1) is 12.7 Å². The highest BCUT2D eigenvalue weighted by Gasteiger charge is 2.21. The van der Waals surface area contributed by atoms with Gasteiger partial charge in [-0.1, -0.05) is 32.0 Å². The van der Waals surface area contributed by atoms with E-state index in [2.05, 4.69) is 24.1 Å². The summed E-state index contributed by atoms with van der Waals surface area (Å²) in [6, 6.07) is 11.5. The summed E-state index contributed by atoms with van der Waals surface area (Å²) in [5.41, 5.74) is 2.85. The molecule has 1 aromatic heterocycles. The predicted octanol–water partition coefficient (Wildman–Crippen LogP) is 4.37. The molecule has 0 amide bonds. The fourth-order valence-electron chi connectivity index (χ4n) is 2.56. The molecule has 0 radical (unpaired) electrons. The lowest BCUT2D eigenvalue weighted by Gasteiger charge is -2.26. The van der Waals surface area contributed by atoms with E-state index in [1.165, 1.54) is 0 Å². The topological polar surface area (TPSA) is 24.9 Å². The Labute approximate surface area is 126 Å². The smallest absolute Gasteiger partial charge is 0.126 e. The monoisotopic (exact) mass is 286 g/mol. The Balaban J connectivity index is 2.31. The summed E-state index contributed by atoms with van der Waals surface area (Å²) in [6.07, 6.45) is 2.88. The number of pyridine rings is 1. The minimum atomic E-state index is -0.154. The first-order valence-corrected chi connectivity index (χ1v) is 7.53. The quantitative estimate of drug-likeness (QED) is 0.852. The van der Waals surface area contributed by atoms with Gasteiger partial charge in [0, 0.05) is 23.9 Å². The van der Waals surface area contributed by atoms with Crippen molar-refractivity contribution < 1.29 is 4.39 Å². The van der Waals surface area contributed by atoms with Gasteiger partial charge in [0.15, 0.2) is 0 Å². The van der Waals surface area contributed by atoms with Crippen molar-refractivity contribution in [3.05, 3.63) is 65.2 Å². The number of rotatable bonds is 6. The van der Waals surface area contributed by atoms with E-state index in [9.17, 15) is 4.39 Å². The summed E-state index contributed by atoms with van der Waals surface area (Å²) in [5, 5.41) is 3.57. The Kier molecular flexibility index (Phi) is 5.45. The molecule has 3 heteroatoms. The third-order valence-electron chi connectivity index (χ3n) is 3.81. The summed E-state index contributed by atoms with van der Waals surface area (Å²) in [4.78, 5) is 4.46. The molecule has 0 aliphatic rings. The van der Waals surface area contributed by atoms with E-state index in [1.807, 2.05) is 36.5 Å². The van der Waals surface area contributed by atoms with Crippen LogP contribution in [0.2, 0.25) is 0 Å². The van der Waals surface area contributed by atoms with Crippen LogP contribution >= 0.6 is 0 Å². The molecule has 0 aliphatic carbocycles. The van der Waals surface area contributed by atoms with Crippen molar-refractivity contribution in [1.82, 2.24) is 10.3 Å². The third-order valence-corrected chi connectivity index (χ3v) is 3.81. The minimum absolute atomic E-state index is 0.138. The maximum Gasteiger partial charge on any atom is 0.126 e. The van der Waals surface area contributed by atoms with E-state index in [1.54, 1.807) is 13.0 Å². The van der Waals surface area contributed by atoms with Crippen molar-refractivity contribution in [3.63, 3.8) is 0 Å². The maximum absolute atomic E-state index is 13.5. The summed E-state index contributed by atoms with van der Waals surface area (Å²) >= 11 is 0. The normalized spacial score (nSPS) is 13.9. The first-order chi connectivity index (χ1) is 10.1. The van der Waals surface area contributed by atoms with E-state index in [0.717, 1.165) is 24.2 Å². The summed E-state index contributed by atoms with van der Waals surface area (Å²) in [5.74, 6) is 0.0705. The van der Waals surface area contributed by atoms with Crippen molar-refractivity contribution in [2.75, 3.05) is 6.54 Å². The van der Waals surface area contributed by atoms with E-state index in [0.29, 0.717) is 5.56 Å². The van der Waals surface area contributed by atoms with Crippen molar-refractivity contribution in [3.8, 4) is 0 Å². The van der Waals surface area contributed by atoms with Gasteiger partial charge in [-0.2, -0.15) is 0 Å². The maximum atomic E-state index is 13.5. The van der Waals surface area contributed by atoms with Gasteiger partial charge < -0.3 is 5.32 Å². The Hall–Kier alpha value is -1.74. The largest absolute Gasteiger partial charge is 0.309 e. The van der Waals surface area contributed by atoms with E-state index in [4.69, 9.17) is 0 Å². The third kappa shape index (κ3) is 3.88. The SMILES string of the molecule is CCCNC(c1ccc(F)c(C)c1)C(C)c1ccccn1. The molecule has 21 heavy (non-hydrogen) atoms. The summed E-state index contributed by atoms with van der Waals surface area (Å²) < 4.78 is 13.5. The lowest BCUT2D eigenvalue weighted by atomic mass is 9.90. The number of nitrogens with zero attached hydrogens (tertiary/aromatic N) is 1. The number of nitrogens with one attached hydrogen (secondary N) is 1. The number of halogens is 1. The number of hydrogen-bond donors (Lipinski definition) is 1. The molecule has 2 nitrogen and oxygen atoms in total. The lowest BCUT2D eigenvalue weighted by molar-refractivity contribution is 0.459. The van der Waals surface area contributed by atoms with Gasteiger partial charge in [-0.25, -0.2) is 4.39 Å². The fourth-order valence-corrected chi connectivity index (χ4v) is 2.56. The second-order valence-corrected chi connectivity index (χ2v) is 5.48. The highest BCUT2D eigenvalue weighted by Crippen LogP contribution is 2.30. The Bertz CT molecular complexity index is 569. The molecule has 0 aliphatic heterocycles. The number of hydrogen-bond acceptors (Lipinski definition) is 2. The van der Waals surface area contributed by atoms with Crippen LogP contribution in [0.3, 0.4) is 0 Å². The van der Waals surface area contributed by atoms with Gasteiger partial charge in [0.25, 0.3) is 0 Å². The van der Waals surface area contributed by atoms with Gasteiger partial charge in [-0.3, -0.25) is 4.98 Å². The van der Waals surface area contributed by atoms with Crippen LogP contribution in [0.1, 0.15) is 49.0 Å². The van der Waals surface area contributed by atoms with Gasteiger partial charge in [0.05, 0.1) is 0 Å². The summed E-state index contributed by atoms with van der Waals surface area (Å²) in [7, 11) is 0. The number of aromatic nitrogens is 1. The van der Waals surface area contributed by atoms with Crippen LogP contribution < -0.4 is 5.32 Å². The first-order valence-electron chi connectivity index (χ1n) is 7.53. The Morgan fingerprint density at radius 1 is 1.24 bits per heavy atom. The molecule has 112 valence electrons. The highest BCUT2D eigenvalue weighted by molar-refractivity contribution is 5.29. The molecule has 2 aromatic rings. The van der Waals surface area contributed by atoms with Gasteiger partial charge in [-0.15, -0.1) is 0 Å². The van der Waals surface area contributed by atoms with Gasteiger partial charge in [0.1, 0.15) is 5.82 Å². The Morgan fingerprint density at radius 3 is 2.67 bits per heavy atom. The van der Waals surface area contributed by atoms with E-state index in [-0.39, 0.29) is 17.8 Å². The summed E-state index contributed by atoms with van der Waals surface area (Å²) in [6.45, 7) is 7.04. The zero-order valence-corrected chi connectivity index (χ0v) is 12.9. The molecule has 1 aromatic carbocycles. The zero-order valence-electron chi connectivity index (χ0n) is 12.9. The van der Waals surface area contributed by atoms with Crippen molar-refractivity contribution in [2.45, 2.75) is 39.2 Å². The lowest BCUT2D eigenvalue weighted by Crippen LogP contribution is -2.27. The van der Waals surface area contributed by atoms with E-state index < -0.39 is 0 Å². The molecular formula is C18H23FN2. The van der Waals surface area contributed by atoms with Crippen LogP contribution in [-0.2, 0) is 0 Å². The standard InChI is InChI=1S/C18H23FN2/c1-4-10-21-18(14(3)17-7-5-6-11-20-17)15-8-9-16(19)13(2)12-15/h5-9,11-12,14,18,21H,4,10H2,1-3H3. The molecule has 0 bridgehead atoms.